The molecule has 1 unspecified atom stereocenters. The maximum Gasteiger partial charge on any atom is 0.292 e. The van der Waals surface area contributed by atoms with E-state index in [0.29, 0.717) is 30.4 Å². The van der Waals surface area contributed by atoms with Crippen LogP contribution in [-0.2, 0) is 0 Å². The molecule has 2 N–H and O–H groups in total. The van der Waals surface area contributed by atoms with Gasteiger partial charge in [0, 0.05) is 29.7 Å². The Hall–Kier alpha value is -1.85. The first-order valence-corrected chi connectivity index (χ1v) is 7.61. The lowest BCUT2D eigenvalue weighted by Crippen LogP contribution is -2.34. The summed E-state index contributed by atoms with van der Waals surface area (Å²) >= 11 is 5.97. The smallest absolute Gasteiger partial charge is 0.292 e. The number of halogens is 1. The van der Waals surface area contributed by atoms with E-state index in [0.717, 1.165) is 12.0 Å². The van der Waals surface area contributed by atoms with Crippen molar-refractivity contribution in [2.75, 3.05) is 19.6 Å². The maximum absolute atomic E-state index is 12.5. The van der Waals surface area contributed by atoms with E-state index in [4.69, 9.17) is 21.9 Å². The van der Waals surface area contributed by atoms with Crippen molar-refractivity contribution < 1.29 is 9.32 Å². The van der Waals surface area contributed by atoms with Gasteiger partial charge in [-0.15, -0.1) is 0 Å². The van der Waals surface area contributed by atoms with E-state index in [2.05, 4.69) is 12.1 Å². The fourth-order valence-corrected chi connectivity index (χ4v) is 2.87. The van der Waals surface area contributed by atoms with Crippen LogP contribution in [-0.4, -0.2) is 35.6 Å². The highest BCUT2D eigenvalue weighted by Crippen LogP contribution is 2.30. The van der Waals surface area contributed by atoms with Crippen LogP contribution < -0.4 is 5.73 Å². The molecule has 6 heteroatoms. The first-order valence-electron chi connectivity index (χ1n) is 7.23. The number of benzene rings is 1. The normalized spacial score (nSPS) is 21.3. The highest BCUT2D eigenvalue weighted by Gasteiger charge is 2.36. The molecule has 1 aliphatic heterocycles. The van der Waals surface area contributed by atoms with E-state index in [1.807, 2.05) is 12.1 Å². The summed E-state index contributed by atoms with van der Waals surface area (Å²) in [5.41, 5.74) is 7.19. The van der Waals surface area contributed by atoms with Crippen LogP contribution in [0, 0.1) is 5.41 Å². The van der Waals surface area contributed by atoms with E-state index in [1.54, 1.807) is 23.1 Å². The second-order valence-corrected chi connectivity index (χ2v) is 6.51. The van der Waals surface area contributed by atoms with Gasteiger partial charge in [0.05, 0.1) is 0 Å². The second-order valence-electron chi connectivity index (χ2n) is 6.08. The van der Waals surface area contributed by atoms with Gasteiger partial charge in [0.15, 0.2) is 0 Å². The summed E-state index contributed by atoms with van der Waals surface area (Å²) < 4.78 is 5.22. The third-order valence-electron chi connectivity index (χ3n) is 4.18. The lowest BCUT2D eigenvalue weighted by Gasteiger charge is -2.21. The average molecular weight is 320 g/mol. The quantitative estimate of drug-likeness (QED) is 0.944. The third-order valence-corrected chi connectivity index (χ3v) is 4.41. The van der Waals surface area contributed by atoms with Crippen molar-refractivity contribution in [3.05, 3.63) is 41.1 Å². The number of hydrogen-bond donors (Lipinski definition) is 1. The van der Waals surface area contributed by atoms with Crippen LogP contribution in [0.15, 0.2) is 34.9 Å². The molecule has 0 saturated carbocycles. The fraction of sp³-hybridized carbons (Fsp3) is 0.375. The number of carbonyl (C=O) groups is 1. The Balaban J connectivity index is 1.78. The van der Waals surface area contributed by atoms with Crippen molar-refractivity contribution in [1.82, 2.24) is 10.1 Å². The molecular weight excluding hydrogens is 302 g/mol. The highest BCUT2D eigenvalue weighted by atomic mass is 35.5. The SMILES string of the molecule is CC1(CN)CCN(C(=O)c2cc(-c3cccc(Cl)c3)no2)C1. The first-order chi connectivity index (χ1) is 10.5. The van der Waals surface area contributed by atoms with Crippen LogP contribution in [0.25, 0.3) is 11.3 Å². The second kappa shape index (κ2) is 5.74. The lowest BCUT2D eigenvalue weighted by molar-refractivity contribution is 0.0735. The molecule has 1 aromatic heterocycles. The first kappa shape index (κ1) is 15.1. The topological polar surface area (TPSA) is 72.4 Å². The number of nitrogens with zero attached hydrogens (tertiary/aromatic N) is 2. The van der Waals surface area contributed by atoms with Crippen LogP contribution >= 0.6 is 11.6 Å². The highest BCUT2D eigenvalue weighted by molar-refractivity contribution is 6.30. The maximum atomic E-state index is 12.5. The molecule has 0 radical (unpaired) electrons. The monoisotopic (exact) mass is 319 g/mol. The van der Waals surface area contributed by atoms with Crippen LogP contribution in [0.4, 0.5) is 0 Å². The molecular formula is C16H18ClN3O2. The van der Waals surface area contributed by atoms with Crippen LogP contribution in [0.3, 0.4) is 0 Å². The van der Waals surface area contributed by atoms with Gasteiger partial charge in [-0.2, -0.15) is 0 Å². The van der Waals surface area contributed by atoms with Gasteiger partial charge in [-0.1, -0.05) is 35.8 Å². The summed E-state index contributed by atoms with van der Waals surface area (Å²) in [5, 5.41) is 4.59. The molecule has 1 aliphatic rings. The van der Waals surface area contributed by atoms with E-state index >= 15 is 0 Å². The summed E-state index contributed by atoms with van der Waals surface area (Å²) in [4.78, 5) is 14.3. The molecule has 1 fully saturated rings. The standard InChI is InChI=1S/C16H18ClN3O2/c1-16(9-18)5-6-20(10-16)15(21)14-8-13(19-22-14)11-3-2-4-12(17)7-11/h2-4,7-8H,5-6,9-10,18H2,1H3. The number of amides is 1. The van der Waals surface area contributed by atoms with Gasteiger partial charge in [0.25, 0.3) is 5.91 Å². The number of hydrogen-bond acceptors (Lipinski definition) is 4. The Labute approximate surface area is 134 Å². The molecule has 0 spiro atoms. The lowest BCUT2D eigenvalue weighted by atomic mass is 9.90. The largest absolute Gasteiger partial charge is 0.350 e. The van der Waals surface area contributed by atoms with Crippen molar-refractivity contribution in [2.45, 2.75) is 13.3 Å². The number of likely N-dealkylation sites (tertiary alicyclic amines) is 1. The van der Waals surface area contributed by atoms with Crippen molar-refractivity contribution in [3.63, 3.8) is 0 Å². The van der Waals surface area contributed by atoms with Gasteiger partial charge in [-0.05, 0) is 30.5 Å². The molecule has 0 bridgehead atoms. The van der Waals surface area contributed by atoms with E-state index in [-0.39, 0.29) is 17.1 Å². The van der Waals surface area contributed by atoms with Gasteiger partial charge >= 0.3 is 0 Å². The summed E-state index contributed by atoms with van der Waals surface area (Å²) in [6.45, 7) is 4.01. The zero-order chi connectivity index (χ0) is 15.7. The molecule has 1 saturated heterocycles. The number of rotatable bonds is 3. The molecule has 0 aliphatic carbocycles. The summed E-state index contributed by atoms with van der Waals surface area (Å²) in [6.07, 6.45) is 0.907. The Bertz CT molecular complexity index is 700. The summed E-state index contributed by atoms with van der Waals surface area (Å²) in [7, 11) is 0. The average Bonchev–Trinajstić information content (AvgIpc) is 3.14. The zero-order valence-electron chi connectivity index (χ0n) is 12.4. The molecule has 5 nitrogen and oxygen atoms in total. The van der Waals surface area contributed by atoms with E-state index in [9.17, 15) is 4.79 Å². The van der Waals surface area contributed by atoms with Gasteiger partial charge in [0.1, 0.15) is 5.69 Å². The molecule has 2 heterocycles. The van der Waals surface area contributed by atoms with Gasteiger partial charge in [-0.3, -0.25) is 4.79 Å². The number of aromatic nitrogens is 1. The van der Waals surface area contributed by atoms with E-state index < -0.39 is 0 Å². The van der Waals surface area contributed by atoms with Crippen molar-refractivity contribution in [3.8, 4) is 11.3 Å². The Kier molecular flexibility index (Phi) is 3.93. The zero-order valence-corrected chi connectivity index (χ0v) is 13.1. The third kappa shape index (κ3) is 2.87. The molecule has 1 aromatic carbocycles. The summed E-state index contributed by atoms with van der Waals surface area (Å²) in [5.74, 6) is 0.106. The molecule has 1 atom stereocenters. The number of carbonyl (C=O) groups excluding carboxylic acids is 1. The minimum absolute atomic E-state index is 0.00847. The molecule has 1 amide bonds. The van der Waals surface area contributed by atoms with Crippen LogP contribution in [0.1, 0.15) is 23.9 Å². The van der Waals surface area contributed by atoms with Gasteiger partial charge < -0.3 is 15.2 Å². The molecule has 22 heavy (non-hydrogen) atoms. The predicted molar refractivity (Wildman–Crippen MR) is 84.6 cm³/mol. The van der Waals surface area contributed by atoms with Crippen molar-refractivity contribution in [2.24, 2.45) is 11.1 Å². The predicted octanol–water partition coefficient (Wildman–Crippen LogP) is 2.81. The Morgan fingerprint density at radius 3 is 3.00 bits per heavy atom. The molecule has 2 aromatic rings. The van der Waals surface area contributed by atoms with Crippen molar-refractivity contribution in [1.29, 1.82) is 0 Å². The Morgan fingerprint density at radius 1 is 1.50 bits per heavy atom. The number of nitrogens with two attached hydrogens (primary N) is 1. The molecule has 3 rings (SSSR count). The van der Waals surface area contributed by atoms with E-state index in [1.165, 1.54) is 0 Å². The summed E-state index contributed by atoms with van der Waals surface area (Å²) in [6, 6.07) is 8.94. The molecule has 116 valence electrons. The fourth-order valence-electron chi connectivity index (χ4n) is 2.68. The minimum Gasteiger partial charge on any atom is -0.350 e. The minimum atomic E-state index is -0.141. The van der Waals surface area contributed by atoms with Gasteiger partial charge in [0.2, 0.25) is 5.76 Å². The van der Waals surface area contributed by atoms with Gasteiger partial charge in [-0.25, -0.2) is 0 Å². The van der Waals surface area contributed by atoms with Crippen molar-refractivity contribution >= 4 is 17.5 Å². The Morgan fingerprint density at radius 2 is 2.32 bits per heavy atom. The van der Waals surface area contributed by atoms with Crippen LogP contribution in [0.2, 0.25) is 5.02 Å². The van der Waals surface area contributed by atoms with Crippen LogP contribution in [0.5, 0.6) is 0 Å².